The van der Waals surface area contributed by atoms with E-state index in [-0.39, 0.29) is 36.1 Å². The third-order valence-electron chi connectivity index (χ3n) is 7.57. The Morgan fingerprint density at radius 3 is 2.17 bits per heavy atom. The van der Waals surface area contributed by atoms with E-state index in [9.17, 15) is 9.59 Å². The Kier molecular flexibility index (Phi) is 8.90. The Labute approximate surface area is 212 Å². The van der Waals surface area contributed by atoms with Crippen LogP contribution in [0.2, 0.25) is 18.1 Å². The van der Waals surface area contributed by atoms with Gasteiger partial charge in [-0.25, -0.2) is 4.79 Å². The van der Waals surface area contributed by atoms with Crippen molar-refractivity contribution in [3.05, 3.63) is 11.6 Å². The molecular weight excluding hydrogens is 468 g/mol. The summed E-state index contributed by atoms with van der Waals surface area (Å²) in [5.41, 5.74) is -0.554. The van der Waals surface area contributed by atoms with Crippen molar-refractivity contribution >= 4 is 20.1 Å². The zero-order chi connectivity index (χ0) is 27.0. The van der Waals surface area contributed by atoms with Gasteiger partial charge < -0.3 is 28.1 Å². The van der Waals surface area contributed by atoms with Gasteiger partial charge in [0.1, 0.15) is 0 Å². The van der Waals surface area contributed by atoms with E-state index in [2.05, 4.69) is 33.9 Å². The smallest absolute Gasteiger partial charge is 0.330 e. The molecule has 8 nitrogen and oxygen atoms in total. The second kappa shape index (κ2) is 10.3. The van der Waals surface area contributed by atoms with Crippen LogP contribution < -0.4 is 0 Å². The van der Waals surface area contributed by atoms with Gasteiger partial charge in [-0.15, -0.1) is 0 Å². The van der Waals surface area contributed by atoms with Crippen LogP contribution in [0.25, 0.3) is 0 Å². The molecule has 0 saturated carbocycles. The summed E-state index contributed by atoms with van der Waals surface area (Å²) in [6, 6.07) is 0. The van der Waals surface area contributed by atoms with Crippen molar-refractivity contribution in [1.29, 1.82) is 0 Å². The van der Waals surface area contributed by atoms with Crippen molar-refractivity contribution in [2.45, 2.75) is 116 Å². The van der Waals surface area contributed by atoms with Crippen LogP contribution in [0, 0.1) is 5.41 Å². The molecule has 0 bridgehead atoms. The zero-order valence-electron chi connectivity index (χ0n) is 23.7. The third kappa shape index (κ3) is 6.43. The Balaban J connectivity index is 2.42. The standard InChI is InChI=1S/C26H46O8Si/c1-17-20(34-25(7,8)32-17)15-19-13-18(14-21(27)29-9)22(28)26(30-10,33-19)24(5,6)16-31-35(11,12)23(2,3)4/h14,17,19-20H,13,15-16H2,1-12H3/b18-14+/t17-,19+,20-,26-/m1/s1. The average molecular weight is 515 g/mol. The van der Waals surface area contributed by atoms with Gasteiger partial charge in [0, 0.05) is 43.6 Å². The van der Waals surface area contributed by atoms with E-state index >= 15 is 0 Å². The fourth-order valence-corrected chi connectivity index (χ4v) is 5.56. The zero-order valence-corrected chi connectivity index (χ0v) is 24.7. The number of methoxy groups -OCH3 is 2. The largest absolute Gasteiger partial charge is 0.466 e. The highest BCUT2D eigenvalue weighted by Gasteiger charge is 2.59. The summed E-state index contributed by atoms with van der Waals surface area (Å²) in [6.07, 6.45) is 1.14. The van der Waals surface area contributed by atoms with Gasteiger partial charge in [-0.1, -0.05) is 34.6 Å². The van der Waals surface area contributed by atoms with Gasteiger partial charge in [0.2, 0.25) is 11.6 Å². The minimum atomic E-state index is -2.11. The van der Waals surface area contributed by atoms with Crippen LogP contribution in [0.3, 0.4) is 0 Å². The molecule has 2 saturated heterocycles. The van der Waals surface area contributed by atoms with Crippen molar-refractivity contribution in [1.82, 2.24) is 0 Å². The van der Waals surface area contributed by atoms with Crippen LogP contribution in [-0.2, 0) is 37.7 Å². The van der Waals surface area contributed by atoms with Gasteiger partial charge >= 0.3 is 5.97 Å². The third-order valence-corrected chi connectivity index (χ3v) is 12.0. The molecule has 0 radical (unpaired) electrons. The highest BCUT2D eigenvalue weighted by Crippen LogP contribution is 2.46. The average Bonchev–Trinajstić information content (AvgIpc) is 2.98. The van der Waals surface area contributed by atoms with Gasteiger partial charge in [0.25, 0.3) is 0 Å². The van der Waals surface area contributed by atoms with E-state index in [1.54, 1.807) is 0 Å². The molecular formula is C26H46O8Si. The maximum Gasteiger partial charge on any atom is 0.330 e. The number of ketones is 1. The van der Waals surface area contributed by atoms with Gasteiger partial charge in [-0.3, -0.25) is 4.79 Å². The lowest BCUT2D eigenvalue weighted by Gasteiger charge is -2.50. The van der Waals surface area contributed by atoms with E-state index in [4.69, 9.17) is 28.1 Å². The van der Waals surface area contributed by atoms with Crippen molar-refractivity contribution in [2.24, 2.45) is 5.41 Å². The molecule has 2 aliphatic heterocycles. The lowest BCUT2D eigenvalue weighted by Crippen LogP contribution is -2.62. The number of esters is 1. The molecule has 0 unspecified atom stereocenters. The van der Waals surface area contributed by atoms with E-state index in [1.165, 1.54) is 20.3 Å². The van der Waals surface area contributed by atoms with E-state index < -0.39 is 37.4 Å². The van der Waals surface area contributed by atoms with Gasteiger partial charge in [0.05, 0.1) is 25.4 Å². The predicted molar refractivity (Wildman–Crippen MR) is 135 cm³/mol. The first kappa shape index (κ1) is 30.1. The molecule has 0 aromatic rings. The van der Waals surface area contributed by atoms with Gasteiger partial charge in [0.15, 0.2) is 14.1 Å². The predicted octanol–water partition coefficient (Wildman–Crippen LogP) is 4.76. The monoisotopic (exact) mass is 514 g/mol. The summed E-state index contributed by atoms with van der Waals surface area (Å²) in [5, 5.41) is 0.00197. The Morgan fingerprint density at radius 2 is 1.71 bits per heavy atom. The van der Waals surface area contributed by atoms with Gasteiger partial charge in [-0.2, -0.15) is 0 Å². The van der Waals surface area contributed by atoms with Crippen LogP contribution in [0.4, 0.5) is 0 Å². The summed E-state index contributed by atoms with van der Waals surface area (Å²) >= 11 is 0. The summed E-state index contributed by atoms with van der Waals surface area (Å²) in [4.78, 5) is 26.0. The minimum absolute atomic E-state index is 0.00197. The molecule has 0 N–H and O–H groups in total. The van der Waals surface area contributed by atoms with Crippen LogP contribution in [0.15, 0.2) is 11.6 Å². The first-order valence-corrected chi connectivity index (χ1v) is 15.3. The maximum atomic E-state index is 13.8. The topological polar surface area (TPSA) is 89.5 Å². The SMILES string of the molecule is COC(=O)/C=C1\C[C@@H](C[C@H]2OC(C)(C)O[C@@H]2C)O[C@@](OC)(C(C)(C)CO[Si](C)(C)C(C)(C)C)C1=O. The number of hydrogen-bond acceptors (Lipinski definition) is 8. The normalized spacial score (nSPS) is 31.1. The molecule has 9 heteroatoms. The highest BCUT2D eigenvalue weighted by atomic mass is 28.4. The first-order valence-electron chi connectivity index (χ1n) is 12.4. The molecule has 2 rings (SSSR count). The fourth-order valence-electron chi connectivity index (χ4n) is 4.40. The van der Waals surface area contributed by atoms with Gasteiger partial charge in [-0.05, 0) is 38.9 Å². The molecule has 202 valence electrons. The fraction of sp³-hybridized carbons (Fsp3) is 0.846. The first-order chi connectivity index (χ1) is 15.8. The minimum Gasteiger partial charge on any atom is -0.466 e. The number of hydrogen-bond donors (Lipinski definition) is 0. The number of carbonyl (C=O) groups is 2. The summed E-state index contributed by atoms with van der Waals surface area (Å²) in [6.45, 7) is 20.6. The van der Waals surface area contributed by atoms with Crippen LogP contribution in [-0.4, -0.2) is 70.8 Å². The van der Waals surface area contributed by atoms with Crippen molar-refractivity contribution < 1.29 is 37.7 Å². The molecule has 0 spiro atoms. The Hall–Kier alpha value is -1.10. The maximum absolute atomic E-state index is 13.8. The second-order valence-electron chi connectivity index (χ2n) is 12.3. The summed E-state index contributed by atoms with van der Waals surface area (Å²) in [5.74, 6) is -3.32. The Bertz CT molecular complexity index is 826. The van der Waals surface area contributed by atoms with Crippen molar-refractivity contribution in [3.8, 4) is 0 Å². The number of ether oxygens (including phenoxy) is 5. The van der Waals surface area contributed by atoms with E-state index in [0.717, 1.165) is 0 Å². The number of carbonyl (C=O) groups excluding carboxylic acids is 2. The number of rotatable bonds is 8. The second-order valence-corrected chi connectivity index (χ2v) is 17.1. The molecule has 2 fully saturated rings. The van der Waals surface area contributed by atoms with Crippen LogP contribution >= 0.6 is 0 Å². The molecule has 0 amide bonds. The van der Waals surface area contributed by atoms with E-state index in [1.807, 2.05) is 34.6 Å². The van der Waals surface area contributed by atoms with Crippen molar-refractivity contribution in [2.75, 3.05) is 20.8 Å². The Morgan fingerprint density at radius 1 is 1.11 bits per heavy atom. The quantitative estimate of drug-likeness (QED) is 0.260. The van der Waals surface area contributed by atoms with Crippen LogP contribution in [0.1, 0.15) is 68.2 Å². The van der Waals surface area contributed by atoms with E-state index in [0.29, 0.717) is 12.0 Å². The van der Waals surface area contributed by atoms with Crippen LogP contribution in [0.5, 0.6) is 0 Å². The molecule has 2 aliphatic rings. The molecule has 4 atom stereocenters. The highest BCUT2D eigenvalue weighted by molar-refractivity contribution is 6.74. The molecule has 35 heavy (non-hydrogen) atoms. The van der Waals surface area contributed by atoms with Crippen molar-refractivity contribution in [3.63, 3.8) is 0 Å². The molecule has 0 aliphatic carbocycles. The lowest BCUT2D eigenvalue weighted by molar-refractivity contribution is -0.292. The summed E-state index contributed by atoms with van der Waals surface area (Å²) in [7, 11) is 0.635. The lowest BCUT2D eigenvalue weighted by atomic mass is 9.76. The molecule has 0 aromatic heterocycles. The summed E-state index contributed by atoms with van der Waals surface area (Å²) < 4.78 is 35.7. The molecule has 0 aromatic carbocycles. The molecule has 2 heterocycles. The number of Topliss-reactive ketones (excluding diaryl/α,β-unsaturated/α-hetero) is 1.